The minimum absolute atomic E-state index is 0.222. The van der Waals surface area contributed by atoms with Crippen LogP contribution in [0.3, 0.4) is 0 Å². The maximum atomic E-state index is 11.9. The Morgan fingerprint density at radius 1 is 1.38 bits per heavy atom. The van der Waals surface area contributed by atoms with Gasteiger partial charge in [0.2, 0.25) is 11.8 Å². The van der Waals surface area contributed by atoms with Gasteiger partial charge in [0.1, 0.15) is 0 Å². The largest absolute Gasteiger partial charge is 0.481 e. The first kappa shape index (κ1) is 15.1. The van der Waals surface area contributed by atoms with Gasteiger partial charge in [-0.25, -0.2) is 4.98 Å². The van der Waals surface area contributed by atoms with Gasteiger partial charge in [0.15, 0.2) is 6.61 Å². The summed E-state index contributed by atoms with van der Waals surface area (Å²) in [6, 6.07) is 2.51. The van der Waals surface area contributed by atoms with E-state index in [9.17, 15) is 22.8 Å². The van der Waals surface area contributed by atoms with Gasteiger partial charge < -0.3 is 15.2 Å². The second kappa shape index (κ2) is 5.58. The van der Waals surface area contributed by atoms with E-state index >= 15 is 0 Å². The van der Waals surface area contributed by atoms with E-state index in [1.54, 1.807) is 0 Å². The van der Waals surface area contributed by atoms with Crippen LogP contribution in [0.2, 0.25) is 0 Å². The molecule has 0 saturated heterocycles. The Morgan fingerprint density at radius 2 is 2.10 bits per heavy atom. The lowest BCUT2D eigenvalue weighted by Crippen LogP contribution is -2.20. The number of nitrogens with one attached hydrogen (secondary N) is 1. The van der Waals surface area contributed by atoms with E-state index in [1.165, 1.54) is 12.1 Å². The molecule has 0 bridgehead atoms. The monoisotopic (exact) mass is 304 g/mol. The third kappa shape index (κ3) is 4.33. The summed E-state index contributed by atoms with van der Waals surface area (Å²) in [5.41, 5.74) is 0.260. The number of carbonyl (C=O) groups excluding carboxylic acids is 1. The molecule has 6 nitrogen and oxygen atoms in total. The average Bonchev–Trinajstić information content (AvgIpc) is 3.17. The number of rotatable bonds is 5. The highest BCUT2D eigenvalue weighted by atomic mass is 19.4. The molecule has 1 saturated carbocycles. The van der Waals surface area contributed by atoms with E-state index in [2.05, 4.69) is 15.0 Å². The first-order valence-electron chi connectivity index (χ1n) is 5.95. The van der Waals surface area contributed by atoms with Gasteiger partial charge in [-0.2, -0.15) is 13.2 Å². The molecule has 0 unspecified atom stereocenters. The predicted molar refractivity (Wildman–Crippen MR) is 63.6 cm³/mol. The lowest BCUT2D eigenvalue weighted by molar-refractivity contribution is -0.154. The second-order valence-electron chi connectivity index (χ2n) is 4.57. The second-order valence-corrected chi connectivity index (χ2v) is 4.57. The Bertz CT molecular complexity index is 544. The van der Waals surface area contributed by atoms with E-state index in [4.69, 9.17) is 5.11 Å². The molecule has 1 heterocycles. The molecule has 0 aromatic carbocycles. The number of aromatic nitrogens is 1. The fourth-order valence-electron chi connectivity index (χ4n) is 1.69. The summed E-state index contributed by atoms with van der Waals surface area (Å²) < 4.78 is 40.2. The SMILES string of the molecule is O=C(O)[C@@H]1C[C@H]1C(=O)Nc1ccc(OCC(F)(F)F)nc1. The number of hydrogen-bond donors (Lipinski definition) is 2. The summed E-state index contributed by atoms with van der Waals surface area (Å²) in [5, 5.41) is 11.1. The molecule has 1 aliphatic rings. The summed E-state index contributed by atoms with van der Waals surface area (Å²) in [6.45, 7) is -1.45. The van der Waals surface area contributed by atoms with Crippen molar-refractivity contribution in [3.63, 3.8) is 0 Å². The van der Waals surface area contributed by atoms with Gasteiger partial charge >= 0.3 is 12.1 Å². The summed E-state index contributed by atoms with van der Waals surface area (Å²) in [4.78, 5) is 25.9. The van der Waals surface area contributed by atoms with Crippen LogP contribution in [0.1, 0.15) is 6.42 Å². The van der Waals surface area contributed by atoms with Crippen molar-refractivity contribution in [1.82, 2.24) is 4.98 Å². The van der Waals surface area contributed by atoms with Crippen LogP contribution in [-0.2, 0) is 9.59 Å². The van der Waals surface area contributed by atoms with E-state index in [1.807, 2.05) is 0 Å². The van der Waals surface area contributed by atoms with E-state index in [0.29, 0.717) is 0 Å². The molecular weight excluding hydrogens is 293 g/mol. The van der Waals surface area contributed by atoms with E-state index in [0.717, 1.165) is 6.20 Å². The van der Waals surface area contributed by atoms with Gasteiger partial charge in [-0.3, -0.25) is 9.59 Å². The summed E-state index contributed by atoms with van der Waals surface area (Å²) >= 11 is 0. The van der Waals surface area contributed by atoms with Gasteiger partial charge in [-0.05, 0) is 12.5 Å². The molecule has 0 spiro atoms. The fourth-order valence-corrected chi connectivity index (χ4v) is 1.69. The Morgan fingerprint density at radius 3 is 2.57 bits per heavy atom. The third-order valence-electron chi connectivity index (χ3n) is 2.83. The van der Waals surface area contributed by atoms with Gasteiger partial charge in [-0.15, -0.1) is 0 Å². The minimum atomic E-state index is -4.45. The Kier molecular flexibility index (Phi) is 4.01. The smallest absolute Gasteiger partial charge is 0.422 e. The standard InChI is InChI=1S/C12H11F3N2O4/c13-12(14,15)5-21-9-2-1-6(4-16-9)17-10(18)7-3-8(7)11(19)20/h1-2,4,7-8H,3,5H2,(H,17,18)(H,19,20)/t7-,8-/m1/s1. The first-order chi connectivity index (χ1) is 9.76. The van der Waals surface area contributed by atoms with Crippen LogP contribution in [-0.4, -0.2) is 34.8 Å². The molecule has 1 aromatic heterocycles. The molecule has 114 valence electrons. The van der Waals surface area contributed by atoms with Crippen LogP contribution < -0.4 is 10.1 Å². The van der Waals surface area contributed by atoms with E-state index < -0.39 is 36.5 Å². The number of carboxylic acids is 1. The number of aliphatic carboxylic acids is 1. The first-order valence-corrected chi connectivity index (χ1v) is 5.95. The van der Waals surface area contributed by atoms with Crippen molar-refractivity contribution in [3.05, 3.63) is 18.3 Å². The highest BCUT2D eigenvalue weighted by Crippen LogP contribution is 2.39. The number of nitrogens with zero attached hydrogens (tertiary/aromatic N) is 1. The van der Waals surface area contributed by atoms with Crippen molar-refractivity contribution in [2.45, 2.75) is 12.6 Å². The highest BCUT2D eigenvalue weighted by molar-refractivity contribution is 5.98. The number of alkyl halides is 3. The number of amides is 1. The number of hydrogen-bond acceptors (Lipinski definition) is 4. The Labute approximate surface area is 116 Å². The lowest BCUT2D eigenvalue weighted by atomic mass is 10.3. The van der Waals surface area contributed by atoms with Crippen LogP contribution in [0.4, 0.5) is 18.9 Å². The van der Waals surface area contributed by atoms with Gasteiger partial charge in [0, 0.05) is 6.07 Å². The number of carboxylic acid groups (broad SMARTS) is 1. The fraction of sp³-hybridized carbons (Fsp3) is 0.417. The zero-order chi connectivity index (χ0) is 15.6. The Balaban J connectivity index is 1.85. The molecule has 1 aliphatic carbocycles. The molecule has 0 aliphatic heterocycles. The number of pyridine rings is 1. The van der Waals surface area contributed by atoms with Crippen molar-refractivity contribution in [3.8, 4) is 5.88 Å². The topological polar surface area (TPSA) is 88.5 Å². The van der Waals surface area contributed by atoms with Crippen molar-refractivity contribution in [2.75, 3.05) is 11.9 Å². The molecule has 1 fully saturated rings. The van der Waals surface area contributed by atoms with Gasteiger partial charge in [0.05, 0.1) is 23.7 Å². The molecular formula is C12H11F3N2O4. The quantitative estimate of drug-likeness (QED) is 0.864. The number of halogens is 3. The number of anilines is 1. The van der Waals surface area contributed by atoms with Crippen LogP contribution in [0.25, 0.3) is 0 Å². The molecule has 2 rings (SSSR count). The highest BCUT2D eigenvalue weighted by Gasteiger charge is 2.48. The molecule has 1 aromatic rings. The van der Waals surface area contributed by atoms with Crippen LogP contribution in [0.5, 0.6) is 5.88 Å². The van der Waals surface area contributed by atoms with Crippen molar-refractivity contribution in [2.24, 2.45) is 11.8 Å². The molecule has 21 heavy (non-hydrogen) atoms. The third-order valence-corrected chi connectivity index (χ3v) is 2.83. The summed E-state index contributed by atoms with van der Waals surface area (Å²) in [6.07, 6.45) is -3.03. The molecule has 2 N–H and O–H groups in total. The van der Waals surface area contributed by atoms with Crippen molar-refractivity contribution < 1.29 is 32.6 Å². The summed E-state index contributed by atoms with van der Waals surface area (Å²) in [5.74, 6) is -2.95. The predicted octanol–water partition coefficient (Wildman–Crippen LogP) is 1.68. The van der Waals surface area contributed by atoms with Gasteiger partial charge in [0.25, 0.3) is 0 Å². The van der Waals surface area contributed by atoms with Crippen molar-refractivity contribution in [1.29, 1.82) is 0 Å². The maximum absolute atomic E-state index is 11.9. The van der Waals surface area contributed by atoms with Crippen molar-refractivity contribution >= 4 is 17.6 Å². The molecule has 2 atom stereocenters. The van der Waals surface area contributed by atoms with E-state index in [-0.39, 0.29) is 18.0 Å². The molecule has 0 radical (unpaired) electrons. The van der Waals surface area contributed by atoms with Crippen LogP contribution >= 0.6 is 0 Å². The average molecular weight is 304 g/mol. The zero-order valence-corrected chi connectivity index (χ0v) is 10.6. The maximum Gasteiger partial charge on any atom is 0.422 e. The summed E-state index contributed by atoms with van der Waals surface area (Å²) in [7, 11) is 0. The zero-order valence-electron chi connectivity index (χ0n) is 10.6. The molecule has 9 heteroatoms. The lowest BCUT2D eigenvalue weighted by Gasteiger charge is -2.09. The number of carbonyl (C=O) groups is 2. The van der Waals surface area contributed by atoms with Gasteiger partial charge in [-0.1, -0.05) is 0 Å². The molecule has 1 amide bonds. The number of ether oxygens (including phenoxy) is 1. The Hall–Kier alpha value is -2.32. The van der Waals surface area contributed by atoms with Crippen LogP contribution in [0, 0.1) is 11.8 Å². The van der Waals surface area contributed by atoms with Crippen LogP contribution in [0.15, 0.2) is 18.3 Å². The normalized spacial score (nSPS) is 20.7. The minimum Gasteiger partial charge on any atom is -0.481 e.